The maximum absolute atomic E-state index is 12.4. The molecule has 0 aliphatic heterocycles. The van der Waals surface area contributed by atoms with Gasteiger partial charge in [0.25, 0.3) is 0 Å². The number of hydrogen-bond donors (Lipinski definition) is 0. The largest absolute Gasteiger partial charge is 3.00 e. The molecule has 0 N–H and O–H groups in total. The summed E-state index contributed by atoms with van der Waals surface area (Å²) in [4.78, 5) is 7.90. The van der Waals surface area contributed by atoms with Crippen LogP contribution in [0.3, 0.4) is 0 Å². The van der Waals surface area contributed by atoms with Crippen LogP contribution in [0.4, 0.5) is 0 Å². The predicted octanol–water partition coefficient (Wildman–Crippen LogP) is 13.0. The van der Waals surface area contributed by atoms with Crippen molar-refractivity contribution in [3.63, 3.8) is 0 Å². The Bertz CT molecular complexity index is 1510. The molecule has 1 radical (unpaired) electrons. The van der Waals surface area contributed by atoms with Crippen LogP contribution in [0.25, 0.3) is 0 Å². The van der Waals surface area contributed by atoms with Crippen LogP contribution >= 0.6 is 0 Å². The van der Waals surface area contributed by atoms with Gasteiger partial charge in [-0.05, 0) is 114 Å². The fourth-order valence-corrected chi connectivity index (χ4v) is 5.93. The van der Waals surface area contributed by atoms with E-state index in [1.54, 1.807) is 0 Å². The summed E-state index contributed by atoms with van der Waals surface area (Å²) in [5, 5.41) is 37.2. The van der Waals surface area contributed by atoms with Gasteiger partial charge in [0.15, 0.2) is 0 Å². The van der Waals surface area contributed by atoms with Crippen LogP contribution in [0, 0.1) is 67.7 Å². The van der Waals surface area contributed by atoms with Gasteiger partial charge in [-0.2, -0.15) is 0 Å². The first-order valence-corrected chi connectivity index (χ1v) is 20.8. The standard InChI is InChI=1S/3C15H24O.C7H14N2.Yb/c3*1-10-8-11(14(2,3)4)13(16)12(9-10)15(5,6)7;1-6(2)8-5-9-7(3)4;/h3*8-9,16H,1-7H3;6-7H,1-4H3;/q;;;;+3/p-3. The van der Waals surface area contributed by atoms with Gasteiger partial charge in [0.05, 0.1) is 18.1 Å². The van der Waals surface area contributed by atoms with Crippen molar-refractivity contribution in [2.45, 2.75) is 218 Å². The maximum Gasteiger partial charge on any atom is 3.00 e. The summed E-state index contributed by atoms with van der Waals surface area (Å²) < 4.78 is 0. The van der Waals surface area contributed by atoms with E-state index in [-0.39, 0.29) is 96.7 Å². The monoisotopic (exact) mass is 958 g/mol. The Hall–Kier alpha value is -2.04. The smallest absolute Gasteiger partial charge is 0.872 e. The summed E-state index contributed by atoms with van der Waals surface area (Å²) in [6.45, 7) is 51.9. The number of aliphatic imine (C=N–C) groups is 2. The molecule has 3 aromatic rings. The SMILES string of the molecule is CC(C)N=C=NC(C)C.Cc1cc(C(C)(C)C)c([O-])c(C(C)(C)C)c1.Cc1cc(C(C)(C)C)c([O-])c(C(C)(C)C)c1.Cc1cc(C(C)(C)C)c([O-])c(C(C)(C)C)c1.[Yb+3]. The average molecular weight is 957 g/mol. The molecule has 0 aliphatic rings. The van der Waals surface area contributed by atoms with Gasteiger partial charge in [0.2, 0.25) is 0 Å². The number of hydrogen-bond acceptors (Lipinski definition) is 5. The summed E-state index contributed by atoms with van der Waals surface area (Å²) in [6.07, 6.45) is 0. The minimum atomic E-state index is -0.0803. The summed E-state index contributed by atoms with van der Waals surface area (Å²) in [5.41, 5.74) is 8.61. The van der Waals surface area contributed by atoms with Gasteiger partial charge >= 0.3 is 46.9 Å². The second kappa shape index (κ2) is 22.2. The summed E-state index contributed by atoms with van der Waals surface area (Å²) in [6, 6.07) is 15.4. The van der Waals surface area contributed by atoms with E-state index in [0.717, 1.165) is 33.4 Å². The van der Waals surface area contributed by atoms with Crippen LogP contribution in [0.2, 0.25) is 0 Å². The normalized spacial score (nSPS) is 12.2. The molecule has 3 rings (SSSR count). The zero-order chi connectivity index (χ0) is 45.4. The van der Waals surface area contributed by atoms with Gasteiger partial charge in [-0.3, -0.25) is 0 Å². The van der Waals surface area contributed by atoms with Crippen LogP contribution in [-0.2, 0) is 32.5 Å². The topological polar surface area (TPSA) is 93.9 Å². The Morgan fingerprint density at radius 2 is 0.500 bits per heavy atom. The zero-order valence-corrected chi connectivity index (χ0v) is 43.2. The Labute approximate surface area is 396 Å². The molecule has 0 fully saturated rings. The molecule has 0 heterocycles. The van der Waals surface area contributed by atoms with Crippen LogP contribution in [-0.4, -0.2) is 18.1 Å². The molecular formula is C52H83N2O3Yb. The molecule has 3 aromatic carbocycles. The van der Waals surface area contributed by atoms with Crippen LogP contribution in [0.15, 0.2) is 46.4 Å². The van der Waals surface area contributed by atoms with E-state index in [4.69, 9.17) is 0 Å². The summed E-state index contributed by atoms with van der Waals surface area (Å²) in [5.74, 6) is 0.641. The van der Waals surface area contributed by atoms with Crippen molar-refractivity contribution in [2.24, 2.45) is 9.98 Å². The average Bonchev–Trinajstić information content (AvgIpc) is 2.97. The Balaban J connectivity index is 0. The van der Waals surface area contributed by atoms with Gasteiger partial charge in [-0.25, -0.2) is 9.98 Å². The van der Waals surface area contributed by atoms with Crippen molar-refractivity contribution in [3.05, 3.63) is 86.5 Å². The molecule has 0 aliphatic carbocycles. The number of benzene rings is 3. The van der Waals surface area contributed by atoms with E-state index < -0.39 is 0 Å². The third-order valence-electron chi connectivity index (χ3n) is 9.18. The fraction of sp³-hybridized carbons (Fsp3) is 0.635. The van der Waals surface area contributed by atoms with Crippen molar-refractivity contribution in [2.75, 3.05) is 0 Å². The molecule has 5 nitrogen and oxygen atoms in total. The fourth-order valence-electron chi connectivity index (χ4n) is 5.93. The third-order valence-corrected chi connectivity index (χ3v) is 9.18. The molecular weight excluding hydrogens is 874 g/mol. The van der Waals surface area contributed by atoms with Crippen molar-refractivity contribution >= 4 is 6.01 Å². The molecule has 0 saturated carbocycles. The minimum Gasteiger partial charge on any atom is -0.872 e. The Kier molecular flexibility index (Phi) is 22.2. The van der Waals surface area contributed by atoms with E-state index in [0.29, 0.717) is 12.1 Å². The first-order valence-electron chi connectivity index (χ1n) is 20.8. The van der Waals surface area contributed by atoms with Crippen molar-refractivity contribution < 1.29 is 62.2 Å². The van der Waals surface area contributed by atoms with Gasteiger partial charge in [0.1, 0.15) is 0 Å². The third kappa shape index (κ3) is 19.6. The van der Waals surface area contributed by atoms with Crippen molar-refractivity contribution in [1.29, 1.82) is 0 Å². The van der Waals surface area contributed by atoms with Gasteiger partial charge in [-0.1, -0.05) is 178 Å². The second-order valence-electron chi connectivity index (χ2n) is 22.6. The van der Waals surface area contributed by atoms with Gasteiger partial charge in [-0.15, -0.1) is 17.2 Å². The molecule has 0 saturated heterocycles. The first-order chi connectivity index (χ1) is 25.2. The Morgan fingerprint density at radius 1 is 0.362 bits per heavy atom. The molecule has 58 heavy (non-hydrogen) atoms. The van der Waals surface area contributed by atoms with E-state index in [2.05, 4.69) is 161 Å². The van der Waals surface area contributed by atoms with E-state index in [9.17, 15) is 15.3 Å². The minimum absolute atomic E-state index is 0. The quantitative estimate of drug-likeness (QED) is 0.240. The molecule has 0 bridgehead atoms. The van der Waals surface area contributed by atoms with Crippen LogP contribution in [0.5, 0.6) is 17.2 Å². The molecule has 0 spiro atoms. The molecule has 333 valence electrons. The van der Waals surface area contributed by atoms with Gasteiger partial charge in [0, 0.05) is 0 Å². The summed E-state index contributed by atoms with van der Waals surface area (Å²) in [7, 11) is 0. The van der Waals surface area contributed by atoms with Crippen LogP contribution < -0.4 is 15.3 Å². The number of aryl methyl sites for hydroxylation is 3. The number of nitrogens with zero attached hydrogens (tertiary/aromatic N) is 2. The van der Waals surface area contributed by atoms with E-state index in [1.807, 2.05) is 64.1 Å². The molecule has 0 atom stereocenters. The molecule has 0 aromatic heterocycles. The van der Waals surface area contributed by atoms with E-state index >= 15 is 0 Å². The van der Waals surface area contributed by atoms with E-state index in [1.165, 1.54) is 16.7 Å². The second-order valence-corrected chi connectivity index (χ2v) is 22.6. The summed E-state index contributed by atoms with van der Waals surface area (Å²) >= 11 is 0. The molecule has 0 unspecified atom stereocenters. The van der Waals surface area contributed by atoms with Gasteiger partial charge < -0.3 is 15.3 Å². The Morgan fingerprint density at radius 3 is 0.603 bits per heavy atom. The van der Waals surface area contributed by atoms with Crippen molar-refractivity contribution in [1.82, 2.24) is 0 Å². The van der Waals surface area contributed by atoms with Crippen LogP contribution in [0.1, 0.15) is 202 Å². The predicted molar refractivity (Wildman–Crippen MR) is 244 cm³/mol. The van der Waals surface area contributed by atoms with Crippen molar-refractivity contribution in [3.8, 4) is 17.2 Å². The number of rotatable bonds is 2. The molecule has 0 amide bonds. The molecule has 6 heteroatoms. The zero-order valence-electron chi connectivity index (χ0n) is 41.5. The maximum atomic E-state index is 12.4. The first kappa shape index (κ1) is 58.1.